The summed E-state index contributed by atoms with van der Waals surface area (Å²) in [5, 5.41) is 17.7. The zero-order valence-electron chi connectivity index (χ0n) is 18.0. The van der Waals surface area contributed by atoms with Crippen molar-refractivity contribution in [1.29, 1.82) is 5.26 Å². The highest BCUT2D eigenvalue weighted by Crippen LogP contribution is 2.30. The molecule has 2 N–H and O–H groups in total. The van der Waals surface area contributed by atoms with Gasteiger partial charge in [-0.05, 0) is 54.3 Å². The number of halogens is 1. The summed E-state index contributed by atoms with van der Waals surface area (Å²) in [6.45, 7) is 3.50. The number of benzene rings is 2. The topological polar surface area (TPSA) is 83.8 Å². The minimum absolute atomic E-state index is 0.180. The van der Waals surface area contributed by atoms with E-state index >= 15 is 0 Å². The quantitative estimate of drug-likeness (QED) is 0.230. The first-order valence-electron chi connectivity index (χ1n) is 10.5. The van der Waals surface area contributed by atoms with Gasteiger partial charge in [0.25, 0.3) is 0 Å². The van der Waals surface area contributed by atoms with Gasteiger partial charge >= 0.3 is 6.03 Å². The Labute approximate surface area is 201 Å². The molecule has 0 bridgehead atoms. The Balaban J connectivity index is 1.58. The number of para-hydroxylation sites is 1. The van der Waals surface area contributed by atoms with E-state index in [0.717, 1.165) is 16.1 Å². The first kappa shape index (κ1) is 22.6. The Kier molecular flexibility index (Phi) is 7.13. The second-order valence-corrected chi connectivity index (χ2v) is 8.98. The molecule has 1 fully saturated rings. The number of urea groups is 1. The number of carbonyl (C=O) groups excluding carboxylic acids is 1. The fourth-order valence-corrected chi connectivity index (χ4v) is 4.66. The number of nitriles is 1. The standard InChI is InChI=1S/C24H23ClN6OS/c1-17-5-2-3-6-20(17)29-23(27-16-26)30-12-13-31(21(15-30)22-7-4-14-33-22)24(32)28-19-10-8-18(25)9-11-19/h2-11,14,21H,12-13,15H2,1H3,(H,27,29)(H,28,32). The van der Waals surface area contributed by atoms with Crippen molar-refractivity contribution in [2.45, 2.75) is 13.0 Å². The highest BCUT2D eigenvalue weighted by atomic mass is 35.5. The average Bonchev–Trinajstić information content (AvgIpc) is 3.36. The van der Waals surface area contributed by atoms with Gasteiger partial charge in [-0.25, -0.2) is 9.79 Å². The Hall–Kier alpha value is -3.54. The van der Waals surface area contributed by atoms with Crippen LogP contribution in [0.4, 0.5) is 16.2 Å². The molecule has 2 amide bonds. The number of anilines is 1. The summed E-state index contributed by atoms with van der Waals surface area (Å²) >= 11 is 7.56. The highest BCUT2D eigenvalue weighted by Gasteiger charge is 2.33. The number of rotatable bonds is 3. The number of hydrogen-bond acceptors (Lipinski definition) is 4. The number of guanidine groups is 1. The number of nitrogens with zero attached hydrogens (tertiary/aromatic N) is 4. The molecule has 0 spiro atoms. The van der Waals surface area contributed by atoms with Crippen LogP contribution >= 0.6 is 22.9 Å². The fourth-order valence-electron chi connectivity index (χ4n) is 3.70. The number of amides is 2. The number of aryl methyl sites for hydroxylation is 1. The zero-order chi connectivity index (χ0) is 23.2. The molecule has 7 nitrogen and oxygen atoms in total. The number of nitrogens with one attached hydrogen (secondary N) is 2. The normalized spacial score (nSPS) is 16.3. The molecule has 1 aliphatic heterocycles. The van der Waals surface area contributed by atoms with Gasteiger partial charge in [0.05, 0.1) is 11.7 Å². The predicted molar refractivity (Wildman–Crippen MR) is 133 cm³/mol. The molecule has 2 aromatic carbocycles. The molecule has 2 heterocycles. The molecule has 168 valence electrons. The largest absolute Gasteiger partial charge is 0.338 e. The molecule has 1 unspecified atom stereocenters. The Morgan fingerprint density at radius 1 is 1.15 bits per heavy atom. The minimum Gasteiger partial charge on any atom is -0.338 e. The lowest BCUT2D eigenvalue weighted by atomic mass is 10.1. The number of aliphatic imine (C=N–C) groups is 1. The summed E-state index contributed by atoms with van der Waals surface area (Å²) in [6.07, 6.45) is 2.00. The van der Waals surface area contributed by atoms with Gasteiger partial charge < -0.3 is 15.1 Å². The maximum absolute atomic E-state index is 13.2. The van der Waals surface area contributed by atoms with Crippen molar-refractivity contribution < 1.29 is 4.79 Å². The summed E-state index contributed by atoms with van der Waals surface area (Å²) in [5.74, 6) is 0.478. The van der Waals surface area contributed by atoms with Crippen LogP contribution in [0.5, 0.6) is 0 Å². The third-order valence-electron chi connectivity index (χ3n) is 5.42. The van der Waals surface area contributed by atoms with E-state index in [-0.39, 0.29) is 12.1 Å². The lowest BCUT2D eigenvalue weighted by Crippen LogP contribution is -2.55. The first-order valence-corrected chi connectivity index (χ1v) is 11.7. The fraction of sp³-hybridized carbons (Fsp3) is 0.208. The van der Waals surface area contributed by atoms with Crippen LogP contribution < -0.4 is 10.6 Å². The monoisotopic (exact) mass is 478 g/mol. The molecular formula is C24H23ClN6OS. The van der Waals surface area contributed by atoms with Crippen LogP contribution in [0.3, 0.4) is 0 Å². The van der Waals surface area contributed by atoms with Crippen molar-refractivity contribution in [3.63, 3.8) is 0 Å². The summed E-state index contributed by atoms with van der Waals surface area (Å²) in [7, 11) is 0. The molecule has 3 aromatic rings. The van der Waals surface area contributed by atoms with Gasteiger partial charge in [-0.3, -0.25) is 5.32 Å². The van der Waals surface area contributed by atoms with Crippen molar-refractivity contribution in [3.8, 4) is 6.19 Å². The molecule has 1 saturated heterocycles. The summed E-state index contributed by atoms with van der Waals surface area (Å²) < 4.78 is 0. The molecule has 9 heteroatoms. The van der Waals surface area contributed by atoms with Crippen molar-refractivity contribution >= 4 is 46.3 Å². The molecule has 0 aliphatic carbocycles. The number of carbonyl (C=O) groups is 1. The van der Waals surface area contributed by atoms with Crippen molar-refractivity contribution in [2.75, 3.05) is 25.0 Å². The summed E-state index contributed by atoms with van der Waals surface area (Å²) in [4.78, 5) is 22.8. The lowest BCUT2D eigenvalue weighted by molar-refractivity contribution is 0.137. The molecular weight excluding hydrogens is 456 g/mol. The van der Waals surface area contributed by atoms with Gasteiger partial charge in [0.15, 0.2) is 6.19 Å². The zero-order valence-corrected chi connectivity index (χ0v) is 19.6. The second-order valence-electron chi connectivity index (χ2n) is 7.57. The Morgan fingerprint density at radius 2 is 1.94 bits per heavy atom. The van der Waals surface area contributed by atoms with Crippen LogP contribution in [0.1, 0.15) is 16.5 Å². The smallest absolute Gasteiger partial charge is 0.322 e. The highest BCUT2D eigenvalue weighted by molar-refractivity contribution is 7.10. The molecule has 4 rings (SSSR count). The Bertz CT molecular complexity index is 1170. The number of piperazine rings is 1. The number of thiophene rings is 1. The van der Waals surface area contributed by atoms with E-state index in [0.29, 0.717) is 36.3 Å². The van der Waals surface area contributed by atoms with E-state index < -0.39 is 0 Å². The average molecular weight is 479 g/mol. The van der Waals surface area contributed by atoms with E-state index in [4.69, 9.17) is 16.6 Å². The molecule has 0 saturated carbocycles. The van der Waals surface area contributed by atoms with Crippen LogP contribution in [-0.4, -0.2) is 41.4 Å². The molecule has 33 heavy (non-hydrogen) atoms. The van der Waals surface area contributed by atoms with Gasteiger partial charge in [0, 0.05) is 35.2 Å². The summed E-state index contributed by atoms with van der Waals surface area (Å²) in [6, 6.07) is 18.5. The molecule has 1 aromatic heterocycles. The van der Waals surface area contributed by atoms with E-state index in [1.54, 1.807) is 35.6 Å². The van der Waals surface area contributed by atoms with E-state index in [9.17, 15) is 10.1 Å². The van der Waals surface area contributed by atoms with Crippen molar-refractivity contribution in [2.24, 2.45) is 4.99 Å². The third kappa shape index (κ3) is 5.45. The van der Waals surface area contributed by atoms with Crippen LogP contribution in [0.2, 0.25) is 5.02 Å². The minimum atomic E-state index is -0.186. The van der Waals surface area contributed by atoms with Crippen LogP contribution in [0, 0.1) is 18.4 Å². The molecule has 1 atom stereocenters. The maximum Gasteiger partial charge on any atom is 0.322 e. The third-order valence-corrected chi connectivity index (χ3v) is 6.64. The number of hydrogen-bond donors (Lipinski definition) is 2. The first-order chi connectivity index (χ1) is 16.0. The Morgan fingerprint density at radius 3 is 2.64 bits per heavy atom. The molecule has 1 aliphatic rings. The van der Waals surface area contributed by atoms with Crippen molar-refractivity contribution in [3.05, 3.63) is 81.5 Å². The van der Waals surface area contributed by atoms with Crippen LogP contribution in [0.15, 0.2) is 71.0 Å². The van der Waals surface area contributed by atoms with Crippen LogP contribution in [0.25, 0.3) is 0 Å². The van der Waals surface area contributed by atoms with Gasteiger partial charge in [-0.15, -0.1) is 11.3 Å². The van der Waals surface area contributed by atoms with Crippen molar-refractivity contribution in [1.82, 2.24) is 15.1 Å². The van der Waals surface area contributed by atoms with Gasteiger partial charge in [-0.2, -0.15) is 5.26 Å². The molecule has 0 radical (unpaired) electrons. The lowest BCUT2D eigenvalue weighted by Gasteiger charge is -2.41. The van der Waals surface area contributed by atoms with Crippen LogP contribution in [-0.2, 0) is 0 Å². The van der Waals surface area contributed by atoms with E-state index in [1.165, 1.54) is 0 Å². The van der Waals surface area contributed by atoms with Gasteiger partial charge in [0.1, 0.15) is 0 Å². The summed E-state index contributed by atoms with van der Waals surface area (Å²) in [5.41, 5.74) is 2.50. The van der Waals surface area contributed by atoms with E-state index in [2.05, 4.69) is 10.6 Å². The van der Waals surface area contributed by atoms with Gasteiger partial charge in [-0.1, -0.05) is 35.9 Å². The van der Waals surface area contributed by atoms with Gasteiger partial charge in [0.2, 0.25) is 5.96 Å². The maximum atomic E-state index is 13.2. The van der Waals surface area contributed by atoms with E-state index in [1.807, 2.05) is 64.7 Å². The SMILES string of the molecule is Cc1ccccc1N=C(NC#N)N1CCN(C(=O)Nc2ccc(Cl)cc2)C(c2cccs2)C1. The predicted octanol–water partition coefficient (Wildman–Crippen LogP) is 5.36. The second kappa shape index (κ2) is 10.4.